The lowest BCUT2D eigenvalue weighted by atomic mass is 10.1. The van der Waals surface area contributed by atoms with Crippen molar-refractivity contribution in [1.82, 2.24) is 5.32 Å². The van der Waals surface area contributed by atoms with Crippen LogP contribution < -0.4 is 5.32 Å². The molecule has 1 atom stereocenters. The monoisotopic (exact) mass is 323 g/mol. The van der Waals surface area contributed by atoms with Crippen molar-refractivity contribution in [2.24, 2.45) is 0 Å². The van der Waals surface area contributed by atoms with Crippen molar-refractivity contribution in [3.63, 3.8) is 0 Å². The first-order valence-electron chi connectivity index (χ1n) is 8.58. The topological polar surface area (TPSA) is 12.0 Å². The standard InChI is InChI=1S/C21H25NS/c1-17(20-16-23-21-14-8-7-13-19(20)21)22-15-9-3-6-12-18-10-4-2-5-11-18/h2,4-5,7-8,10-11,13-14,16-17,22H,3,6,9,12,15H2,1H3. The lowest BCUT2D eigenvalue weighted by Crippen LogP contribution is -2.19. The second-order valence-electron chi connectivity index (χ2n) is 6.16. The highest BCUT2D eigenvalue weighted by Gasteiger charge is 2.10. The van der Waals surface area contributed by atoms with E-state index in [1.807, 2.05) is 11.3 Å². The Hall–Kier alpha value is -1.64. The van der Waals surface area contributed by atoms with E-state index < -0.39 is 0 Å². The van der Waals surface area contributed by atoms with Crippen LogP contribution in [0.5, 0.6) is 0 Å². The minimum Gasteiger partial charge on any atom is -0.310 e. The summed E-state index contributed by atoms with van der Waals surface area (Å²) in [5.74, 6) is 0. The molecule has 0 amide bonds. The maximum atomic E-state index is 3.68. The van der Waals surface area contributed by atoms with Crippen LogP contribution >= 0.6 is 11.3 Å². The molecule has 0 aliphatic rings. The van der Waals surface area contributed by atoms with Crippen molar-refractivity contribution in [2.45, 2.75) is 38.6 Å². The van der Waals surface area contributed by atoms with Gasteiger partial charge in [0.25, 0.3) is 0 Å². The summed E-state index contributed by atoms with van der Waals surface area (Å²) in [5.41, 5.74) is 2.90. The second-order valence-corrected chi connectivity index (χ2v) is 7.07. The van der Waals surface area contributed by atoms with Crippen LogP contribution in [0.3, 0.4) is 0 Å². The second kappa shape index (κ2) is 8.28. The zero-order chi connectivity index (χ0) is 15.9. The van der Waals surface area contributed by atoms with Gasteiger partial charge in [0.1, 0.15) is 0 Å². The maximum Gasteiger partial charge on any atom is 0.0346 e. The Morgan fingerprint density at radius 2 is 1.70 bits per heavy atom. The minimum absolute atomic E-state index is 0.431. The van der Waals surface area contributed by atoms with Crippen LogP contribution in [0.4, 0.5) is 0 Å². The van der Waals surface area contributed by atoms with E-state index in [9.17, 15) is 0 Å². The van der Waals surface area contributed by atoms with Gasteiger partial charge in [-0.25, -0.2) is 0 Å². The molecule has 2 aromatic carbocycles. The summed E-state index contributed by atoms with van der Waals surface area (Å²) in [6.45, 7) is 3.37. The third kappa shape index (κ3) is 4.43. The predicted molar refractivity (Wildman–Crippen MR) is 102 cm³/mol. The molecule has 23 heavy (non-hydrogen) atoms. The van der Waals surface area contributed by atoms with Crippen molar-refractivity contribution in [3.8, 4) is 0 Å². The smallest absolute Gasteiger partial charge is 0.0346 e. The van der Waals surface area contributed by atoms with Crippen LogP contribution in [0.15, 0.2) is 60.0 Å². The first kappa shape index (κ1) is 16.2. The first-order valence-corrected chi connectivity index (χ1v) is 9.46. The van der Waals surface area contributed by atoms with E-state index in [1.165, 1.54) is 46.9 Å². The molecule has 0 fully saturated rings. The molecule has 3 aromatic rings. The lowest BCUT2D eigenvalue weighted by molar-refractivity contribution is 0.541. The van der Waals surface area contributed by atoms with E-state index in [2.05, 4.69) is 72.2 Å². The fourth-order valence-corrected chi connectivity index (χ4v) is 4.09. The van der Waals surface area contributed by atoms with Gasteiger partial charge in [-0.2, -0.15) is 0 Å². The van der Waals surface area contributed by atoms with Crippen molar-refractivity contribution >= 4 is 21.4 Å². The van der Waals surface area contributed by atoms with Crippen LogP contribution in [0.1, 0.15) is 43.4 Å². The maximum absolute atomic E-state index is 3.68. The van der Waals surface area contributed by atoms with Gasteiger partial charge in [-0.1, -0.05) is 55.0 Å². The van der Waals surface area contributed by atoms with Crippen molar-refractivity contribution < 1.29 is 0 Å². The third-order valence-electron chi connectivity index (χ3n) is 4.41. The van der Waals surface area contributed by atoms with Crippen LogP contribution in [0.2, 0.25) is 0 Å². The highest BCUT2D eigenvalue weighted by atomic mass is 32.1. The molecule has 0 spiro atoms. The molecule has 0 saturated carbocycles. The highest BCUT2D eigenvalue weighted by molar-refractivity contribution is 7.17. The van der Waals surface area contributed by atoms with Gasteiger partial charge in [-0.05, 0) is 60.7 Å². The Morgan fingerprint density at radius 1 is 0.913 bits per heavy atom. The predicted octanol–water partition coefficient (Wildman–Crippen LogP) is 5.96. The van der Waals surface area contributed by atoms with Gasteiger partial charge >= 0.3 is 0 Å². The Morgan fingerprint density at radius 3 is 2.57 bits per heavy atom. The lowest BCUT2D eigenvalue weighted by Gasteiger charge is -2.13. The molecule has 1 unspecified atom stereocenters. The number of aryl methyl sites for hydroxylation is 1. The molecule has 0 radical (unpaired) electrons. The quantitative estimate of drug-likeness (QED) is 0.504. The fraction of sp³-hybridized carbons (Fsp3) is 0.333. The van der Waals surface area contributed by atoms with E-state index in [4.69, 9.17) is 0 Å². The molecule has 1 heterocycles. The molecule has 0 bridgehead atoms. The number of hydrogen-bond donors (Lipinski definition) is 1. The van der Waals surface area contributed by atoms with E-state index in [0.717, 1.165) is 6.54 Å². The third-order valence-corrected chi connectivity index (χ3v) is 5.39. The fourth-order valence-electron chi connectivity index (χ4n) is 3.04. The number of hydrogen-bond acceptors (Lipinski definition) is 2. The zero-order valence-electron chi connectivity index (χ0n) is 13.8. The van der Waals surface area contributed by atoms with Crippen molar-refractivity contribution in [3.05, 3.63) is 71.1 Å². The van der Waals surface area contributed by atoms with E-state index in [1.54, 1.807) is 0 Å². The normalized spacial score (nSPS) is 12.6. The number of unbranched alkanes of at least 4 members (excludes halogenated alkanes) is 2. The Bertz CT molecular complexity index is 717. The highest BCUT2D eigenvalue weighted by Crippen LogP contribution is 2.29. The summed E-state index contributed by atoms with van der Waals surface area (Å²) in [4.78, 5) is 0. The summed E-state index contributed by atoms with van der Waals surface area (Å²) >= 11 is 1.85. The van der Waals surface area contributed by atoms with Crippen molar-refractivity contribution in [2.75, 3.05) is 6.54 Å². The zero-order valence-corrected chi connectivity index (χ0v) is 14.6. The number of fused-ring (bicyclic) bond motifs is 1. The molecule has 0 aliphatic heterocycles. The molecule has 0 saturated heterocycles. The summed E-state index contributed by atoms with van der Waals surface area (Å²) in [5, 5.41) is 7.39. The summed E-state index contributed by atoms with van der Waals surface area (Å²) in [6.07, 6.45) is 5.02. The molecule has 2 heteroatoms. The van der Waals surface area contributed by atoms with E-state index in [0.29, 0.717) is 6.04 Å². The molecular weight excluding hydrogens is 298 g/mol. The SMILES string of the molecule is CC(NCCCCCc1ccccc1)c1csc2ccccc12. The average molecular weight is 324 g/mol. The van der Waals surface area contributed by atoms with Gasteiger partial charge in [0, 0.05) is 10.7 Å². The number of thiophene rings is 1. The molecule has 1 N–H and O–H groups in total. The number of nitrogens with one attached hydrogen (secondary N) is 1. The molecule has 0 aliphatic carbocycles. The van der Waals surface area contributed by atoms with Gasteiger partial charge < -0.3 is 5.32 Å². The summed E-state index contributed by atoms with van der Waals surface area (Å²) in [6, 6.07) is 19.9. The summed E-state index contributed by atoms with van der Waals surface area (Å²) < 4.78 is 1.39. The van der Waals surface area contributed by atoms with Crippen LogP contribution in [0.25, 0.3) is 10.1 Å². The number of benzene rings is 2. The molecule has 3 rings (SSSR count). The van der Waals surface area contributed by atoms with Gasteiger partial charge in [0.2, 0.25) is 0 Å². The number of rotatable bonds is 8. The van der Waals surface area contributed by atoms with Crippen molar-refractivity contribution in [1.29, 1.82) is 0 Å². The largest absolute Gasteiger partial charge is 0.310 e. The molecule has 120 valence electrons. The van der Waals surface area contributed by atoms with Crippen LogP contribution in [-0.4, -0.2) is 6.54 Å². The minimum atomic E-state index is 0.431. The van der Waals surface area contributed by atoms with Gasteiger partial charge in [0.05, 0.1) is 0 Å². The van der Waals surface area contributed by atoms with E-state index in [-0.39, 0.29) is 0 Å². The Labute approximate surface area is 143 Å². The Kier molecular flexibility index (Phi) is 5.84. The van der Waals surface area contributed by atoms with Gasteiger partial charge in [-0.3, -0.25) is 0 Å². The Balaban J connectivity index is 1.39. The summed E-state index contributed by atoms with van der Waals surface area (Å²) in [7, 11) is 0. The average Bonchev–Trinajstić information content (AvgIpc) is 3.03. The van der Waals surface area contributed by atoms with Crippen LogP contribution in [-0.2, 0) is 6.42 Å². The molecular formula is C21H25NS. The molecule has 1 aromatic heterocycles. The first-order chi connectivity index (χ1) is 11.3. The van der Waals surface area contributed by atoms with Gasteiger partial charge in [-0.15, -0.1) is 11.3 Å². The molecule has 1 nitrogen and oxygen atoms in total. The van der Waals surface area contributed by atoms with Crippen LogP contribution in [0, 0.1) is 0 Å². The van der Waals surface area contributed by atoms with E-state index >= 15 is 0 Å². The van der Waals surface area contributed by atoms with Gasteiger partial charge in [0.15, 0.2) is 0 Å².